The van der Waals surface area contributed by atoms with E-state index >= 15 is 0 Å². The topological polar surface area (TPSA) is 38.0 Å². The first-order valence-corrected chi connectivity index (χ1v) is 5.19. The van der Waals surface area contributed by atoms with E-state index in [-0.39, 0.29) is 0 Å². The van der Waals surface area contributed by atoms with Crippen molar-refractivity contribution < 1.29 is 0 Å². The minimum atomic E-state index is 0.353. The molecule has 0 heterocycles. The van der Waals surface area contributed by atoms with Crippen molar-refractivity contribution in [1.29, 1.82) is 0 Å². The number of rotatable bonds is 4. The summed E-state index contributed by atoms with van der Waals surface area (Å²) in [4.78, 5) is 0. The maximum absolute atomic E-state index is 5.93. The van der Waals surface area contributed by atoms with Crippen LogP contribution in [0, 0.1) is 6.92 Å². The van der Waals surface area contributed by atoms with Crippen LogP contribution in [0.1, 0.15) is 18.1 Å². The Morgan fingerprint density at radius 1 is 1.50 bits per heavy atom. The summed E-state index contributed by atoms with van der Waals surface area (Å²) in [7, 11) is 0. The number of nitrogens with two attached hydrogens (primary N) is 1. The molecule has 0 aliphatic heterocycles. The molecule has 0 aliphatic rings. The van der Waals surface area contributed by atoms with Gasteiger partial charge in [-0.05, 0) is 31.0 Å². The first-order valence-electron chi connectivity index (χ1n) is 4.82. The Balaban J connectivity index is 2.55. The highest BCUT2D eigenvalue weighted by molar-refractivity contribution is 6.31. The summed E-state index contributed by atoms with van der Waals surface area (Å²) in [6, 6.07) is 6.41. The number of benzene rings is 1. The van der Waals surface area contributed by atoms with Crippen LogP contribution in [-0.4, -0.2) is 12.6 Å². The van der Waals surface area contributed by atoms with Gasteiger partial charge >= 0.3 is 0 Å². The van der Waals surface area contributed by atoms with Crippen LogP contribution in [0.2, 0.25) is 5.02 Å². The van der Waals surface area contributed by atoms with Gasteiger partial charge in [-0.2, -0.15) is 0 Å². The maximum atomic E-state index is 5.93. The van der Waals surface area contributed by atoms with Crippen molar-refractivity contribution in [2.45, 2.75) is 26.4 Å². The fraction of sp³-hybridized carbons (Fsp3) is 0.455. The molecule has 78 valence electrons. The lowest BCUT2D eigenvalue weighted by molar-refractivity contribution is 0.556. The van der Waals surface area contributed by atoms with Gasteiger partial charge in [0, 0.05) is 24.2 Å². The van der Waals surface area contributed by atoms with E-state index in [0.29, 0.717) is 12.6 Å². The van der Waals surface area contributed by atoms with Crippen LogP contribution in [0.3, 0.4) is 0 Å². The van der Waals surface area contributed by atoms with Gasteiger partial charge in [0.1, 0.15) is 0 Å². The monoisotopic (exact) mass is 212 g/mol. The summed E-state index contributed by atoms with van der Waals surface area (Å²) < 4.78 is 0. The highest BCUT2D eigenvalue weighted by Crippen LogP contribution is 2.16. The molecule has 0 aliphatic carbocycles. The van der Waals surface area contributed by atoms with Crippen molar-refractivity contribution in [2.75, 3.05) is 6.54 Å². The van der Waals surface area contributed by atoms with Crippen LogP contribution >= 0.6 is 11.6 Å². The van der Waals surface area contributed by atoms with E-state index in [1.807, 2.05) is 19.1 Å². The van der Waals surface area contributed by atoms with Gasteiger partial charge in [-0.1, -0.05) is 23.7 Å². The number of aryl methyl sites for hydroxylation is 1. The summed E-state index contributed by atoms with van der Waals surface area (Å²) in [5, 5.41) is 4.15. The molecular formula is C11H17ClN2. The molecule has 0 aromatic heterocycles. The number of halogens is 1. The Kier molecular flexibility index (Phi) is 4.39. The van der Waals surface area contributed by atoms with Crippen molar-refractivity contribution in [3.8, 4) is 0 Å². The van der Waals surface area contributed by atoms with E-state index in [4.69, 9.17) is 17.3 Å². The van der Waals surface area contributed by atoms with Gasteiger partial charge in [0.25, 0.3) is 0 Å². The molecule has 0 fully saturated rings. The number of hydrogen-bond acceptors (Lipinski definition) is 2. The summed E-state index contributed by atoms with van der Waals surface area (Å²) >= 11 is 5.93. The van der Waals surface area contributed by atoms with Gasteiger partial charge in [0.15, 0.2) is 0 Å². The maximum Gasteiger partial charge on any atom is 0.0435 e. The van der Waals surface area contributed by atoms with Gasteiger partial charge in [-0.15, -0.1) is 0 Å². The highest BCUT2D eigenvalue weighted by Gasteiger charge is 2.00. The van der Waals surface area contributed by atoms with Crippen molar-refractivity contribution in [2.24, 2.45) is 5.73 Å². The lowest BCUT2D eigenvalue weighted by Crippen LogP contribution is -2.32. The molecule has 2 nitrogen and oxygen atoms in total. The molecule has 1 rings (SSSR count). The Bertz CT molecular complexity index is 299. The smallest absolute Gasteiger partial charge is 0.0435 e. The van der Waals surface area contributed by atoms with E-state index in [9.17, 15) is 0 Å². The van der Waals surface area contributed by atoms with Crippen LogP contribution in [0.15, 0.2) is 18.2 Å². The van der Waals surface area contributed by atoms with Crippen LogP contribution in [-0.2, 0) is 6.54 Å². The zero-order valence-corrected chi connectivity index (χ0v) is 9.43. The third-order valence-electron chi connectivity index (χ3n) is 2.23. The van der Waals surface area contributed by atoms with Crippen molar-refractivity contribution in [3.63, 3.8) is 0 Å². The van der Waals surface area contributed by atoms with Gasteiger partial charge in [0.05, 0.1) is 0 Å². The molecule has 0 saturated heterocycles. The Labute approximate surface area is 90.4 Å². The number of nitrogens with one attached hydrogen (secondary N) is 1. The first-order chi connectivity index (χ1) is 6.63. The minimum absolute atomic E-state index is 0.353. The molecule has 1 unspecified atom stereocenters. The quantitative estimate of drug-likeness (QED) is 0.802. The summed E-state index contributed by atoms with van der Waals surface area (Å²) in [5.74, 6) is 0. The second-order valence-electron chi connectivity index (χ2n) is 3.60. The molecule has 1 aromatic carbocycles. The summed E-state index contributed by atoms with van der Waals surface area (Å²) in [6.07, 6.45) is 0. The van der Waals surface area contributed by atoms with E-state index in [0.717, 1.165) is 17.1 Å². The molecule has 0 radical (unpaired) electrons. The third kappa shape index (κ3) is 3.29. The van der Waals surface area contributed by atoms with E-state index in [1.54, 1.807) is 0 Å². The molecule has 1 atom stereocenters. The third-order valence-corrected chi connectivity index (χ3v) is 2.65. The van der Waals surface area contributed by atoms with E-state index in [2.05, 4.69) is 18.3 Å². The van der Waals surface area contributed by atoms with Crippen molar-refractivity contribution >= 4 is 11.6 Å². The normalized spacial score (nSPS) is 12.9. The highest BCUT2D eigenvalue weighted by atomic mass is 35.5. The Hall–Kier alpha value is -0.570. The van der Waals surface area contributed by atoms with E-state index in [1.165, 1.54) is 5.56 Å². The largest absolute Gasteiger partial charge is 0.329 e. The predicted molar refractivity (Wildman–Crippen MR) is 61.5 cm³/mol. The lowest BCUT2D eigenvalue weighted by Gasteiger charge is -2.11. The average Bonchev–Trinajstić information content (AvgIpc) is 2.19. The summed E-state index contributed by atoms with van der Waals surface area (Å²) in [5.41, 5.74) is 7.87. The fourth-order valence-corrected chi connectivity index (χ4v) is 1.31. The van der Waals surface area contributed by atoms with Gasteiger partial charge < -0.3 is 11.1 Å². The van der Waals surface area contributed by atoms with Gasteiger partial charge in [-0.3, -0.25) is 0 Å². The molecule has 0 amide bonds. The Morgan fingerprint density at radius 3 is 2.79 bits per heavy atom. The van der Waals surface area contributed by atoms with Crippen molar-refractivity contribution in [3.05, 3.63) is 34.3 Å². The minimum Gasteiger partial charge on any atom is -0.329 e. The lowest BCUT2D eigenvalue weighted by atomic mass is 10.1. The van der Waals surface area contributed by atoms with Gasteiger partial charge in [0.2, 0.25) is 0 Å². The SMILES string of the molecule is Cc1cc(CNC(C)CN)ccc1Cl. The Morgan fingerprint density at radius 2 is 2.21 bits per heavy atom. The van der Waals surface area contributed by atoms with Crippen LogP contribution in [0.25, 0.3) is 0 Å². The molecule has 1 aromatic rings. The van der Waals surface area contributed by atoms with Crippen LogP contribution in [0.5, 0.6) is 0 Å². The second kappa shape index (κ2) is 5.35. The van der Waals surface area contributed by atoms with Crippen LogP contribution in [0.4, 0.5) is 0 Å². The standard InChI is InChI=1S/C11H17ClN2/c1-8-5-10(3-4-11(8)12)7-14-9(2)6-13/h3-5,9,14H,6-7,13H2,1-2H3. The molecule has 0 saturated carbocycles. The zero-order chi connectivity index (χ0) is 10.6. The molecule has 0 spiro atoms. The molecule has 0 bridgehead atoms. The summed E-state index contributed by atoms with van der Waals surface area (Å²) in [6.45, 7) is 5.59. The van der Waals surface area contributed by atoms with Crippen molar-refractivity contribution in [1.82, 2.24) is 5.32 Å². The first kappa shape index (κ1) is 11.5. The zero-order valence-electron chi connectivity index (χ0n) is 8.68. The fourth-order valence-electron chi connectivity index (χ4n) is 1.19. The van der Waals surface area contributed by atoms with Gasteiger partial charge in [-0.25, -0.2) is 0 Å². The molecule has 3 heteroatoms. The molecule has 14 heavy (non-hydrogen) atoms. The van der Waals surface area contributed by atoms with Crippen LogP contribution < -0.4 is 11.1 Å². The number of hydrogen-bond donors (Lipinski definition) is 2. The molecule has 3 N–H and O–H groups in total. The average molecular weight is 213 g/mol. The second-order valence-corrected chi connectivity index (χ2v) is 4.01. The molecular weight excluding hydrogens is 196 g/mol. The predicted octanol–water partition coefficient (Wildman–Crippen LogP) is 2.09. The van der Waals surface area contributed by atoms with E-state index < -0.39 is 0 Å².